The zero-order valence-electron chi connectivity index (χ0n) is 14.6. The van der Waals surface area contributed by atoms with Crippen LogP contribution < -0.4 is 4.74 Å². The van der Waals surface area contributed by atoms with Gasteiger partial charge in [-0.05, 0) is 56.3 Å². The Morgan fingerprint density at radius 3 is 2.46 bits per heavy atom. The summed E-state index contributed by atoms with van der Waals surface area (Å²) >= 11 is 0. The van der Waals surface area contributed by atoms with E-state index in [-0.39, 0.29) is 19.0 Å². The summed E-state index contributed by atoms with van der Waals surface area (Å²) in [6, 6.07) is 15.1. The van der Waals surface area contributed by atoms with Crippen molar-refractivity contribution in [2.45, 2.75) is 13.8 Å². The van der Waals surface area contributed by atoms with E-state index in [0.717, 1.165) is 17.1 Å². The van der Waals surface area contributed by atoms with Gasteiger partial charge in [-0.2, -0.15) is 5.10 Å². The molecular formula is C20H19FN2O3. The van der Waals surface area contributed by atoms with Crippen LogP contribution in [-0.2, 0) is 4.74 Å². The fourth-order valence-corrected chi connectivity index (χ4v) is 2.56. The van der Waals surface area contributed by atoms with E-state index in [1.807, 2.05) is 36.7 Å². The molecule has 1 heterocycles. The first-order chi connectivity index (χ1) is 12.5. The number of hydrogen-bond acceptors (Lipinski definition) is 4. The number of ether oxygens (including phenoxy) is 2. The maximum absolute atomic E-state index is 13.4. The van der Waals surface area contributed by atoms with Gasteiger partial charge in [-0.1, -0.05) is 12.1 Å². The predicted octanol–water partition coefficient (Wildman–Crippen LogP) is 3.86. The number of para-hydroxylation sites is 1. The average Bonchev–Trinajstić information content (AvgIpc) is 2.98. The van der Waals surface area contributed by atoms with E-state index >= 15 is 0 Å². The van der Waals surface area contributed by atoms with E-state index in [1.165, 1.54) is 12.1 Å². The van der Waals surface area contributed by atoms with Gasteiger partial charge in [0.1, 0.15) is 13.2 Å². The molecule has 0 unspecified atom stereocenters. The molecule has 0 saturated carbocycles. The number of rotatable bonds is 6. The number of aryl methyl sites for hydroxylation is 2. The minimum Gasteiger partial charge on any atom is -0.487 e. The normalized spacial score (nSPS) is 10.6. The second kappa shape index (κ2) is 7.82. The van der Waals surface area contributed by atoms with E-state index in [0.29, 0.717) is 5.56 Å². The molecule has 0 amide bonds. The lowest BCUT2D eigenvalue weighted by molar-refractivity contribution is 0.0448. The lowest BCUT2D eigenvalue weighted by atomic mass is 10.2. The number of hydrogen-bond donors (Lipinski definition) is 0. The highest BCUT2D eigenvalue weighted by molar-refractivity contribution is 5.89. The zero-order chi connectivity index (χ0) is 18.5. The molecule has 0 radical (unpaired) electrons. The molecule has 0 N–H and O–H groups in total. The summed E-state index contributed by atoms with van der Waals surface area (Å²) in [7, 11) is 0. The SMILES string of the molecule is Cc1cc(C)n(-c2ccc(C(=O)OCCOc3ccccc3F)cc2)n1. The van der Waals surface area contributed by atoms with E-state index in [1.54, 1.807) is 24.3 Å². The van der Waals surface area contributed by atoms with E-state index < -0.39 is 11.8 Å². The Balaban J connectivity index is 1.53. The molecule has 0 spiro atoms. The van der Waals surface area contributed by atoms with Crippen molar-refractivity contribution in [2.24, 2.45) is 0 Å². The van der Waals surface area contributed by atoms with Crippen molar-refractivity contribution in [2.75, 3.05) is 13.2 Å². The average molecular weight is 354 g/mol. The fourth-order valence-electron chi connectivity index (χ4n) is 2.56. The van der Waals surface area contributed by atoms with Gasteiger partial charge in [-0.25, -0.2) is 13.9 Å². The third kappa shape index (κ3) is 4.08. The van der Waals surface area contributed by atoms with Crippen LogP contribution >= 0.6 is 0 Å². The van der Waals surface area contributed by atoms with E-state index in [2.05, 4.69) is 5.10 Å². The van der Waals surface area contributed by atoms with Gasteiger partial charge < -0.3 is 9.47 Å². The lowest BCUT2D eigenvalue weighted by Gasteiger charge is -2.09. The van der Waals surface area contributed by atoms with Crippen molar-refractivity contribution >= 4 is 5.97 Å². The third-order valence-electron chi connectivity index (χ3n) is 3.77. The van der Waals surface area contributed by atoms with Crippen LogP contribution in [-0.4, -0.2) is 29.0 Å². The largest absolute Gasteiger partial charge is 0.487 e. The second-order valence-electron chi connectivity index (χ2n) is 5.80. The maximum Gasteiger partial charge on any atom is 0.338 e. The molecule has 0 saturated heterocycles. The van der Waals surface area contributed by atoms with Gasteiger partial charge in [0.15, 0.2) is 11.6 Å². The molecule has 0 aliphatic rings. The Morgan fingerprint density at radius 2 is 1.81 bits per heavy atom. The van der Waals surface area contributed by atoms with Crippen molar-refractivity contribution < 1.29 is 18.7 Å². The number of benzene rings is 2. The molecule has 0 aliphatic heterocycles. The standard InChI is InChI=1S/C20H19FN2O3/c1-14-13-15(2)23(22-14)17-9-7-16(8-10-17)20(24)26-12-11-25-19-6-4-3-5-18(19)21/h3-10,13H,11-12H2,1-2H3. The summed E-state index contributed by atoms with van der Waals surface area (Å²) < 4.78 is 25.6. The number of carbonyl (C=O) groups excluding carboxylic acids is 1. The molecule has 3 aromatic rings. The minimum absolute atomic E-state index is 0.0341. The Kier molecular flexibility index (Phi) is 5.31. The summed E-state index contributed by atoms with van der Waals surface area (Å²) in [4.78, 5) is 12.1. The molecule has 2 aromatic carbocycles. The number of esters is 1. The molecule has 134 valence electrons. The van der Waals surface area contributed by atoms with Crippen molar-refractivity contribution in [1.82, 2.24) is 9.78 Å². The topological polar surface area (TPSA) is 53.4 Å². The highest BCUT2D eigenvalue weighted by Gasteiger charge is 2.09. The minimum atomic E-state index is -0.456. The zero-order valence-corrected chi connectivity index (χ0v) is 14.6. The number of aromatic nitrogens is 2. The smallest absolute Gasteiger partial charge is 0.338 e. The van der Waals surface area contributed by atoms with Crippen molar-refractivity contribution in [3.63, 3.8) is 0 Å². The Labute approximate surface area is 151 Å². The van der Waals surface area contributed by atoms with Crippen LogP contribution in [0.25, 0.3) is 5.69 Å². The summed E-state index contributed by atoms with van der Waals surface area (Å²) in [5.74, 6) is -0.765. The lowest BCUT2D eigenvalue weighted by Crippen LogP contribution is -2.13. The van der Waals surface area contributed by atoms with Crippen LogP contribution in [0.15, 0.2) is 54.6 Å². The Morgan fingerprint density at radius 1 is 1.08 bits per heavy atom. The molecule has 5 nitrogen and oxygen atoms in total. The molecule has 26 heavy (non-hydrogen) atoms. The van der Waals surface area contributed by atoms with Gasteiger partial charge in [0.25, 0.3) is 0 Å². The molecular weight excluding hydrogens is 335 g/mol. The van der Waals surface area contributed by atoms with Crippen molar-refractivity contribution in [3.8, 4) is 11.4 Å². The maximum atomic E-state index is 13.4. The Bertz CT molecular complexity index is 904. The fraction of sp³-hybridized carbons (Fsp3) is 0.200. The third-order valence-corrected chi connectivity index (χ3v) is 3.77. The van der Waals surface area contributed by atoms with Gasteiger partial charge in [0, 0.05) is 5.69 Å². The summed E-state index contributed by atoms with van der Waals surface area (Å²) in [6.07, 6.45) is 0. The van der Waals surface area contributed by atoms with E-state index in [9.17, 15) is 9.18 Å². The van der Waals surface area contributed by atoms with Crippen LogP contribution in [0.4, 0.5) is 4.39 Å². The highest BCUT2D eigenvalue weighted by atomic mass is 19.1. The first-order valence-electron chi connectivity index (χ1n) is 8.23. The highest BCUT2D eigenvalue weighted by Crippen LogP contribution is 2.16. The molecule has 0 fully saturated rings. The molecule has 6 heteroatoms. The van der Waals surface area contributed by atoms with Crippen LogP contribution in [0, 0.1) is 19.7 Å². The number of nitrogens with zero attached hydrogens (tertiary/aromatic N) is 2. The molecule has 3 rings (SSSR count). The monoisotopic (exact) mass is 354 g/mol. The summed E-state index contributed by atoms with van der Waals surface area (Å²) in [6.45, 7) is 4.01. The molecule has 0 bridgehead atoms. The molecule has 0 atom stereocenters. The van der Waals surface area contributed by atoms with Crippen LogP contribution in [0.5, 0.6) is 5.75 Å². The number of halogens is 1. The van der Waals surface area contributed by atoms with E-state index in [4.69, 9.17) is 9.47 Å². The van der Waals surface area contributed by atoms with Crippen molar-refractivity contribution in [3.05, 3.63) is 77.4 Å². The van der Waals surface area contributed by atoms with Crippen LogP contribution in [0.1, 0.15) is 21.7 Å². The Hall–Kier alpha value is -3.15. The van der Waals surface area contributed by atoms with Gasteiger partial charge in [0.2, 0.25) is 0 Å². The summed E-state index contributed by atoms with van der Waals surface area (Å²) in [5.41, 5.74) is 3.25. The second-order valence-corrected chi connectivity index (χ2v) is 5.80. The molecule has 1 aromatic heterocycles. The van der Waals surface area contributed by atoms with Crippen LogP contribution in [0.2, 0.25) is 0 Å². The number of carbonyl (C=O) groups is 1. The predicted molar refractivity (Wildman–Crippen MR) is 95.2 cm³/mol. The van der Waals surface area contributed by atoms with Gasteiger partial charge in [-0.15, -0.1) is 0 Å². The first kappa shape index (κ1) is 17.7. The molecule has 0 aliphatic carbocycles. The van der Waals surface area contributed by atoms with Crippen LogP contribution in [0.3, 0.4) is 0 Å². The van der Waals surface area contributed by atoms with Crippen molar-refractivity contribution in [1.29, 1.82) is 0 Å². The summed E-state index contributed by atoms with van der Waals surface area (Å²) in [5, 5.41) is 4.40. The van der Waals surface area contributed by atoms with Gasteiger partial charge >= 0.3 is 5.97 Å². The first-order valence-corrected chi connectivity index (χ1v) is 8.23. The quantitative estimate of drug-likeness (QED) is 0.498. The van der Waals surface area contributed by atoms with Gasteiger partial charge in [0.05, 0.1) is 16.9 Å². The van der Waals surface area contributed by atoms with Gasteiger partial charge in [-0.3, -0.25) is 0 Å².